The summed E-state index contributed by atoms with van der Waals surface area (Å²) < 4.78 is 0. The number of hydrogen-bond acceptors (Lipinski definition) is 3. The molecule has 0 saturated heterocycles. The first-order valence-corrected chi connectivity index (χ1v) is 11.9. The highest BCUT2D eigenvalue weighted by Gasteiger charge is 2.23. The molecule has 0 heterocycles. The molecule has 0 aliphatic rings. The van der Waals surface area contributed by atoms with Gasteiger partial charge in [-0.1, -0.05) is 72.8 Å². The van der Waals surface area contributed by atoms with Gasteiger partial charge in [0.2, 0.25) is 5.91 Å². The van der Waals surface area contributed by atoms with Crippen LogP contribution in [0.4, 0.5) is 11.4 Å². The van der Waals surface area contributed by atoms with E-state index < -0.39 is 5.25 Å². The van der Waals surface area contributed by atoms with Crippen LogP contribution in [0.15, 0.2) is 108 Å². The summed E-state index contributed by atoms with van der Waals surface area (Å²) in [6, 6.07) is 32.5. The lowest BCUT2D eigenvalue weighted by atomic mass is 10.1. The molecule has 0 spiro atoms. The molecule has 0 aliphatic carbocycles. The molecular formula is C29H26N2O2S. The normalized spacial score (nSPS) is 11.5. The molecule has 5 heteroatoms. The maximum Gasteiger partial charge on any atom is 0.255 e. The van der Waals surface area contributed by atoms with Gasteiger partial charge in [0, 0.05) is 21.8 Å². The van der Waals surface area contributed by atoms with E-state index in [1.54, 1.807) is 0 Å². The van der Waals surface area contributed by atoms with Crippen LogP contribution in [0.5, 0.6) is 0 Å². The minimum atomic E-state index is -0.455. The van der Waals surface area contributed by atoms with Gasteiger partial charge in [0.25, 0.3) is 5.91 Å². The number of anilines is 2. The lowest BCUT2D eigenvalue weighted by Crippen LogP contribution is -2.19. The van der Waals surface area contributed by atoms with Crippen molar-refractivity contribution in [1.29, 1.82) is 0 Å². The third-order valence-corrected chi connectivity index (χ3v) is 6.73. The Bertz CT molecular complexity index is 1300. The first-order chi connectivity index (χ1) is 16.5. The number of thioether (sulfide) groups is 1. The summed E-state index contributed by atoms with van der Waals surface area (Å²) in [4.78, 5) is 27.0. The fraction of sp³-hybridized carbons (Fsp3) is 0.103. The van der Waals surface area contributed by atoms with Crippen LogP contribution in [0, 0.1) is 13.8 Å². The molecule has 4 rings (SSSR count). The van der Waals surface area contributed by atoms with Crippen LogP contribution in [0.1, 0.15) is 32.3 Å². The number of hydrogen-bond donors (Lipinski definition) is 2. The zero-order valence-corrected chi connectivity index (χ0v) is 19.9. The van der Waals surface area contributed by atoms with E-state index in [-0.39, 0.29) is 11.8 Å². The standard InChI is InChI=1S/C29H26N2O2S/c1-20-11-6-8-17-25(20)28(32)30-23-15-10-16-24(19-23)34-27(22-13-4-3-5-14-22)29(33)31-26-18-9-7-12-21(26)2/h3-19,27H,1-2H3,(H,30,32)(H,31,33). The van der Waals surface area contributed by atoms with Crippen molar-refractivity contribution < 1.29 is 9.59 Å². The van der Waals surface area contributed by atoms with Crippen LogP contribution in [-0.2, 0) is 4.79 Å². The Morgan fingerprint density at radius 2 is 1.38 bits per heavy atom. The van der Waals surface area contributed by atoms with Crippen LogP contribution in [0.2, 0.25) is 0 Å². The number of nitrogens with one attached hydrogen (secondary N) is 2. The Morgan fingerprint density at radius 1 is 0.706 bits per heavy atom. The predicted molar refractivity (Wildman–Crippen MR) is 140 cm³/mol. The van der Waals surface area contributed by atoms with Crippen molar-refractivity contribution in [1.82, 2.24) is 0 Å². The van der Waals surface area contributed by atoms with Crippen molar-refractivity contribution in [2.45, 2.75) is 24.0 Å². The van der Waals surface area contributed by atoms with Crippen LogP contribution < -0.4 is 10.6 Å². The van der Waals surface area contributed by atoms with E-state index in [0.717, 1.165) is 27.3 Å². The summed E-state index contributed by atoms with van der Waals surface area (Å²) in [5, 5.41) is 5.59. The lowest BCUT2D eigenvalue weighted by Gasteiger charge is -2.18. The monoisotopic (exact) mass is 466 g/mol. The molecular weight excluding hydrogens is 440 g/mol. The molecule has 2 amide bonds. The SMILES string of the molecule is Cc1ccccc1NC(=O)C(Sc1cccc(NC(=O)c2ccccc2C)c1)c1ccccc1. The zero-order valence-electron chi connectivity index (χ0n) is 19.1. The number of benzene rings is 4. The second kappa shape index (κ2) is 10.9. The van der Waals surface area contributed by atoms with Gasteiger partial charge in [-0.15, -0.1) is 11.8 Å². The van der Waals surface area contributed by atoms with E-state index in [1.165, 1.54) is 11.8 Å². The van der Waals surface area contributed by atoms with Crippen molar-refractivity contribution in [3.8, 4) is 0 Å². The maximum atomic E-state index is 13.4. The van der Waals surface area contributed by atoms with E-state index >= 15 is 0 Å². The number of carbonyl (C=O) groups excluding carboxylic acids is 2. The lowest BCUT2D eigenvalue weighted by molar-refractivity contribution is -0.115. The molecule has 4 nitrogen and oxygen atoms in total. The van der Waals surface area contributed by atoms with Crippen LogP contribution in [0.25, 0.3) is 0 Å². The maximum absolute atomic E-state index is 13.4. The first kappa shape index (κ1) is 23.3. The molecule has 1 unspecified atom stereocenters. The summed E-state index contributed by atoms with van der Waals surface area (Å²) >= 11 is 1.45. The van der Waals surface area contributed by atoms with E-state index in [0.29, 0.717) is 11.3 Å². The summed E-state index contributed by atoms with van der Waals surface area (Å²) in [6.07, 6.45) is 0. The minimum Gasteiger partial charge on any atom is -0.325 e. The number of rotatable bonds is 7. The average molecular weight is 467 g/mol. The topological polar surface area (TPSA) is 58.2 Å². The van der Waals surface area contributed by atoms with Gasteiger partial charge in [0.05, 0.1) is 0 Å². The molecule has 0 aliphatic heterocycles. The third kappa shape index (κ3) is 5.74. The second-order valence-electron chi connectivity index (χ2n) is 8.01. The van der Waals surface area contributed by atoms with E-state index in [2.05, 4.69) is 10.6 Å². The first-order valence-electron chi connectivity index (χ1n) is 11.1. The quantitative estimate of drug-likeness (QED) is 0.288. The molecule has 0 aromatic heterocycles. The van der Waals surface area contributed by atoms with Gasteiger partial charge in [-0.25, -0.2) is 0 Å². The summed E-state index contributed by atoms with van der Waals surface area (Å²) in [5.74, 6) is -0.253. The van der Waals surface area contributed by atoms with Crippen LogP contribution in [-0.4, -0.2) is 11.8 Å². The Labute approximate surface area is 204 Å². The van der Waals surface area contributed by atoms with Crippen molar-refractivity contribution in [2.24, 2.45) is 0 Å². The molecule has 0 fully saturated rings. The van der Waals surface area contributed by atoms with Crippen molar-refractivity contribution in [3.63, 3.8) is 0 Å². The number of carbonyl (C=O) groups is 2. The van der Waals surface area contributed by atoms with E-state index in [4.69, 9.17) is 0 Å². The zero-order chi connectivity index (χ0) is 23.9. The summed E-state index contributed by atoms with van der Waals surface area (Å²) in [6.45, 7) is 3.89. The van der Waals surface area contributed by atoms with Crippen LogP contribution >= 0.6 is 11.8 Å². The molecule has 4 aromatic carbocycles. The highest BCUT2D eigenvalue weighted by molar-refractivity contribution is 8.00. The smallest absolute Gasteiger partial charge is 0.255 e. The highest BCUT2D eigenvalue weighted by Crippen LogP contribution is 2.37. The molecule has 34 heavy (non-hydrogen) atoms. The minimum absolute atomic E-state index is 0.0974. The largest absolute Gasteiger partial charge is 0.325 e. The molecule has 0 radical (unpaired) electrons. The van der Waals surface area contributed by atoms with E-state index in [1.807, 2.05) is 117 Å². The van der Waals surface area contributed by atoms with Crippen molar-refractivity contribution >= 4 is 35.0 Å². The Balaban J connectivity index is 1.56. The number of amides is 2. The highest BCUT2D eigenvalue weighted by atomic mass is 32.2. The predicted octanol–water partition coefficient (Wildman–Crippen LogP) is 7.03. The van der Waals surface area contributed by atoms with Gasteiger partial charge >= 0.3 is 0 Å². The Kier molecular flexibility index (Phi) is 7.45. The average Bonchev–Trinajstić information content (AvgIpc) is 2.85. The summed E-state index contributed by atoms with van der Waals surface area (Å²) in [5.41, 5.74) is 4.96. The van der Waals surface area contributed by atoms with Crippen molar-refractivity contribution in [2.75, 3.05) is 10.6 Å². The second-order valence-corrected chi connectivity index (χ2v) is 9.19. The fourth-order valence-electron chi connectivity index (χ4n) is 3.62. The summed E-state index contributed by atoms with van der Waals surface area (Å²) in [7, 11) is 0. The molecule has 4 aromatic rings. The van der Waals surface area contributed by atoms with Gasteiger partial charge < -0.3 is 10.6 Å². The van der Waals surface area contributed by atoms with Crippen LogP contribution in [0.3, 0.4) is 0 Å². The molecule has 1 atom stereocenters. The fourth-order valence-corrected chi connectivity index (χ4v) is 4.71. The van der Waals surface area contributed by atoms with Gasteiger partial charge in [-0.05, 0) is 60.9 Å². The molecule has 170 valence electrons. The van der Waals surface area contributed by atoms with E-state index in [9.17, 15) is 9.59 Å². The van der Waals surface area contributed by atoms with Gasteiger partial charge in [0.15, 0.2) is 0 Å². The van der Waals surface area contributed by atoms with Gasteiger partial charge in [-0.3, -0.25) is 9.59 Å². The van der Waals surface area contributed by atoms with Gasteiger partial charge in [0.1, 0.15) is 5.25 Å². The molecule has 2 N–H and O–H groups in total. The third-order valence-electron chi connectivity index (χ3n) is 5.48. The molecule has 0 saturated carbocycles. The Morgan fingerprint density at radius 3 is 2.12 bits per heavy atom. The van der Waals surface area contributed by atoms with Gasteiger partial charge in [-0.2, -0.15) is 0 Å². The van der Waals surface area contributed by atoms with Crippen molar-refractivity contribution in [3.05, 3.63) is 125 Å². The number of aryl methyl sites for hydroxylation is 2. The molecule has 0 bridgehead atoms. The number of para-hydroxylation sites is 1. The Hall–Kier alpha value is -3.83.